The third kappa shape index (κ3) is 3.85. The third-order valence-corrected chi connectivity index (χ3v) is 6.38. The van der Waals surface area contributed by atoms with Crippen LogP contribution in [0, 0.1) is 0 Å². The summed E-state index contributed by atoms with van der Waals surface area (Å²) in [6, 6.07) is 13.2. The number of sulfonamides is 1. The van der Waals surface area contributed by atoms with Gasteiger partial charge in [0.2, 0.25) is 15.9 Å². The SMILES string of the molecule is CCc1nc2ccccc2n1CC(=O)Nc1ccc2c(c1)N(S(C)(=O)=O)CCC2. The Bertz CT molecular complexity index is 1180. The number of para-hydroxylation sites is 2. The number of fused-ring (bicyclic) bond motifs is 2. The van der Waals surface area contributed by atoms with Gasteiger partial charge in [-0.1, -0.05) is 25.1 Å². The Labute approximate surface area is 170 Å². The van der Waals surface area contributed by atoms with Gasteiger partial charge in [0.15, 0.2) is 0 Å². The second kappa shape index (κ2) is 7.51. The van der Waals surface area contributed by atoms with Gasteiger partial charge in [0.25, 0.3) is 0 Å². The molecule has 2 heterocycles. The number of nitrogens with zero attached hydrogens (tertiary/aromatic N) is 3. The molecule has 0 atom stereocenters. The molecule has 0 fully saturated rings. The van der Waals surface area contributed by atoms with Crippen molar-refractivity contribution in [3.05, 3.63) is 53.9 Å². The summed E-state index contributed by atoms with van der Waals surface area (Å²) in [5, 5.41) is 2.91. The molecule has 0 saturated heterocycles. The maximum atomic E-state index is 12.7. The van der Waals surface area contributed by atoms with E-state index in [1.165, 1.54) is 10.6 Å². The fraction of sp³-hybridized carbons (Fsp3) is 0.333. The average Bonchev–Trinajstić information content (AvgIpc) is 3.04. The highest BCUT2D eigenvalue weighted by Crippen LogP contribution is 2.31. The van der Waals surface area contributed by atoms with E-state index in [-0.39, 0.29) is 12.5 Å². The van der Waals surface area contributed by atoms with Gasteiger partial charge in [0, 0.05) is 18.7 Å². The molecule has 1 aliphatic heterocycles. The van der Waals surface area contributed by atoms with Crippen molar-refractivity contribution < 1.29 is 13.2 Å². The van der Waals surface area contributed by atoms with Crippen LogP contribution in [0.1, 0.15) is 24.7 Å². The van der Waals surface area contributed by atoms with E-state index < -0.39 is 10.0 Å². The van der Waals surface area contributed by atoms with Crippen LogP contribution in [0.4, 0.5) is 11.4 Å². The van der Waals surface area contributed by atoms with E-state index in [9.17, 15) is 13.2 Å². The van der Waals surface area contributed by atoms with E-state index in [0.717, 1.165) is 41.7 Å². The number of carbonyl (C=O) groups excluding carboxylic acids is 1. The molecule has 8 heteroatoms. The fourth-order valence-corrected chi connectivity index (χ4v) is 4.87. The Balaban J connectivity index is 1.59. The number of aromatic nitrogens is 2. The molecule has 152 valence electrons. The number of hydrogen-bond donors (Lipinski definition) is 1. The van der Waals surface area contributed by atoms with E-state index in [1.807, 2.05) is 47.9 Å². The minimum Gasteiger partial charge on any atom is -0.324 e. The van der Waals surface area contributed by atoms with Crippen molar-refractivity contribution in [3.63, 3.8) is 0 Å². The number of carbonyl (C=O) groups is 1. The lowest BCUT2D eigenvalue weighted by Crippen LogP contribution is -2.34. The lowest BCUT2D eigenvalue weighted by atomic mass is 10.0. The molecule has 0 unspecified atom stereocenters. The minimum atomic E-state index is -3.35. The molecule has 7 nitrogen and oxygen atoms in total. The zero-order valence-electron chi connectivity index (χ0n) is 16.6. The molecule has 0 bridgehead atoms. The topological polar surface area (TPSA) is 84.3 Å². The summed E-state index contributed by atoms with van der Waals surface area (Å²) in [6.45, 7) is 2.62. The number of imidazole rings is 1. The highest BCUT2D eigenvalue weighted by molar-refractivity contribution is 7.92. The van der Waals surface area contributed by atoms with Crippen molar-refractivity contribution in [3.8, 4) is 0 Å². The van der Waals surface area contributed by atoms with Crippen molar-refractivity contribution in [1.82, 2.24) is 9.55 Å². The van der Waals surface area contributed by atoms with Crippen LogP contribution in [0.2, 0.25) is 0 Å². The fourth-order valence-electron chi connectivity index (χ4n) is 3.88. The van der Waals surface area contributed by atoms with E-state index in [0.29, 0.717) is 17.9 Å². The standard InChI is InChI=1S/C21H24N4O3S/c1-3-20-23-17-8-4-5-9-18(17)24(20)14-21(26)22-16-11-10-15-7-6-12-25(19(15)13-16)29(2,27)28/h4-5,8-11,13H,3,6-7,12,14H2,1-2H3,(H,22,26). The zero-order valence-corrected chi connectivity index (χ0v) is 17.4. The predicted octanol–water partition coefficient (Wildman–Crippen LogP) is 2.95. The van der Waals surface area contributed by atoms with Crippen LogP contribution >= 0.6 is 0 Å². The molecular formula is C21H24N4O3S. The van der Waals surface area contributed by atoms with Crippen LogP contribution in [0.3, 0.4) is 0 Å². The quantitative estimate of drug-likeness (QED) is 0.698. The first-order valence-corrected chi connectivity index (χ1v) is 11.6. The van der Waals surface area contributed by atoms with E-state index >= 15 is 0 Å². The van der Waals surface area contributed by atoms with E-state index in [2.05, 4.69) is 10.3 Å². The summed E-state index contributed by atoms with van der Waals surface area (Å²) in [7, 11) is -3.35. The molecule has 1 aliphatic rings. The Morgan fingerprint density at radius 2 is 2.00 bits per heavy atom. The summed E-state index contributed by atoms with van der Waals surface area (Å²) in [5.74, 6) is 0.680. The number of anilines is 2. The average molecular weight is 413 g/mol. The van der Waals surface area contributed by atoms with Crippen molar-refractivity contribution >= 4 is 38.3 Å². The van der Waals surface area contributed by atoms with Crippen molar-refractivity contribution in [2.24, 2.45) is 0 Å². The number of benzene rings is 2. The van der Waals surface area contributed by atoms with Gasteiger partial charge in [-0.05, 0) is 42.7 Å². The van der Waals surface area contributed by atoms with Crippen LogP contribution < -0.4 is 9.62 Å². The van der Waals surface area contributed by atoms with Gasteiger partial charge in [0.05, 0.1) is 23.0 Å². The van der Waals surface area contributed by atoms with Gasteiger partial charge in [-0.3, -0.25) is 9.10 Å². The summed E-state index contributed by atoms with van der Waals surface area (Å²) >= 11 is 0. The predicted molar refractivity (Wildman–Crippen MR) is 115 cm³/mol. The molecule has 0 spiro atoms. The number of hydrogen-bond acceptors (Lipinski definition) is 4. The number of rotatable bonds is 5. The molecule has 4 rings (SSSR count). The van der Waals surface area contributed by atoms with Gasteiger partial charge in [0.1, 0.15) is 12.4 Å². The molecule has 29 heavy (non-hydrogen) atoms. The van der Waals surface area contributed by atoms with Crippen molar-refractivity contribution in [1.29, 1.82) is 0 Å². The second-order valence-electron chi connectivity index (χ2n) is 7.29. The first-order chi connectivity index (χ1) is 13.9. The zero-order chi connectivity index (χ0) is 20.6. The minimum absolute atomic E-state index is 0.149. The molecule has 3 aromatic rings. The van der Waals surface area contributed by atoms with Gasteiger partial charge < -0.3 is 9.88 Å². The van der Waals surface area contributed by atoms with Crippen molar-refractivity contribution in [2.75, 3.05) is 22.4 Å². The molecule has 1 amide bonds. The van der Waals surface area contributed by atoms with Crippen LogP contribution in [-0.2, 0) is 34.2 Å². The highest BCUT2D eigenvalue weighted by atomic mass is 32.2. The molecular weight excluding hydrogens is 388 g/mol. The summed E-state index contributed by atoms with van der Waals surface area (Å²) in [5.41, 5.74) is 4.02. The van der Waals surface area contributed by atoms with Crippen LogP contribution in [0.25, 0.3) is 11.0 Å². The molecule has 0 radical (unpaired) electrons. The lowest BCUT2D eigenvalue weighted by molar-refractivity contribution is -0.116. The van der Waals surface area contributed by atoms with Gasteiger partial charge in [-0.15, -0.1) is 0 Å². The van der Waals surface area contributed by atoms with Crippen LogP contribution in [-0.4, -0.2) is 36.7 Å². The maximum absolute atomic E-state index is 12.7. The Morgan fingerprint density at radius 1 is 1.21 bits per heavy atom. The molecule has 1 N–H and O–H groups in total. The Morgan fingerprint density at radius 3 is 2.76 bits per heavy atom. The summed E-state index contributed by atoms with van der Waals surface area (Å²) in [4.78, 5) is 17.3. The number of amides is 1. The second-order valence-corrected chi connectivity index (χ2v) is 9.19. The highest BCUT2D eigenvalue weighted by Gasteiger charge is 2.24. The Kier molecular flexibility index (Phi) is 5.04. The first-order valence-electron chi connectivity index (χ1n) is 9.71. The van der Waals surface area contributed by atoms with Crippen LogP contribution in [0.15, 0.2) is 42.5 Å². The van der Waals surface area contributed by atoms with E-state index in [4.69, 9.17) is 0 Å². The van der Waals surface area contributed by atoms with Gasteiger partial charge in [-0.25, -0.2) is 13.4 Å². The van der Waals surface area contributed by atoms with Crippen LogP contribution in [0.5, 0.6) is 0 Å². The number of nitrogens with one attached hydrogen (secondary N) is 1. The molecule has 1 aromatic heterocycles. The summed E-state index contributed by atoms with van der Waals surface area (Å²) < 4.78 is 27.6. The van der Waals surface area contributed by atoms with Gasteiger partial charge >= 0.3 is 0 Å². The summed E-state index contributed by atoms with van der Waals surface area (Å²) in [6.07, 6.45) is 3.56. The normalized spacial score (nSPS) is 14.1. The molecule has 0 saturated carbocycles. The molecule has 0 aliphatic carbocycles. The smallest absolute Gasteiger partial charge is 0.244 e. The maximum Gasteiger partial charge on any atom is 0.244 e. The third-order valence-electron chi connectivity index (χ3n) is 5.20. The molecule has 2 aromatic carbocycles. The van der Waals surface area contributed by atoms with Crippen molar-refractivity contribution in [2.45, 2.75) is 32.7 Å². The van der Waals surface area contributed by atoms with E-state index in [1.54, 1.807) is 6.07 Å². The Hall–Kier alpha value is -2.87. The largest absolute Gasteiger partial charge is 0.324 e. The lowest BCUT2D eigenvalue weighted by Gasteiger charge is -2.29. The first kappa shape index (κ1) is 19.4. The monoisotopic (exact) mass is 412 g/mol. The van der Waals surface area contributed by atoms with Gasteiger partial charge in [-0.2, -0.15) is 0 Å². The number of aryl methyl sites for hydroxylation is 2.